The van der Waals surface area contributed by atoms with Gasteiger partial charge in [0.05, 0.1) is 22.6 Å². The maximum atomic E-state index is 12.6. The fraction of sp³-hybridized carbons (Fsp3) is 0.417. The van der Waals surface area contributed by atoms with Crippen LogP contribution in [-0.2, 0) is 6.18 Å². The van der Waals surface area contributed by atoms with Crippen LogP contribution >= 0.6 is 0 Å². The maximum absolute atomic E-state index is 12.6. The molecule has 0 aliphatic heterocycles. The average molecular weight is 257 g/mol. The zero-order valence-corrected chi connectivity index (χ0v) is 10.1. The second-order valence-electron chi connectivity index (χ2n) is 4.13. The van der Waals surface area contributed by atoms with Crippen LogP contribution in [0.5, 0.6) is 0 Å². The minimum atomic E-state index is -4.33. The van der Waals surface area contributed by atoms with E-state index in [0.717, 1.165) is 18.7 Å². The van der Waals surface area contributed by atoms with Crippen molar-refractivity contribution in [3.8, 4) is 0 Å². The normalized spacial score (nSPS) is 14.1. The van der Waals surface area contributed by atoms with Crippen molar-refractivity contribution >= 4 is 11.0 Å². The van der Waals surface area contributed by atoms with E-state index in [2.05, 4.69) is 15.3 Å². The van der Waals surface area contributed by atoms with Gasteiger partial charge in [0.15, 0.2) is 0 Å². The Balaban J connectivity index is 2.40. The first-order valence-electron chi connectivity index (χ1n) is 5.72. The Labute approximate surface area is 102 Å². The highest BCUT2D eigenvalue weighted by Gasteiger charge is 2.30. The number of fused-ring (bicyclic) bond motifs is 1. The van der Waals surface area contributed by atoms with E-state index in [0.29, 0.717) is 16.9 Å². The Bertz CT molecular complexity index is 545. The van der Waals surface area contributed by atoms with Crippen LogP contribution in [0.4, 0.5) is 13.2 Å². The summed E-state index contributed by atoms with van der Waals surface area (Å²) < 4.78 is 37.7. The van der Waals surface area contributed by atoms with Crippen LogP contribution in [-0.4, -0.2) is 16.5 Å². The lowest BCUT2D eigenvalue weighted by Crippen LogP contribution is -2.18. The van der Waals surface area contributed by atoms with E-state index in [1.165, 1.54) is 6.07 Å². The van der Waals surface area contributed by atoms with Crippen molar-refractivity contribution in [2.45, 2.75) is 26.1 Å². The lowest BCUT2D eigenvalue weighted by molar-refractivity contribution is -0.137. The number of benzene rings is 1. The molecule has 0 saturated carbocycles. The molecule has 0 spiro atoms. The molecule has 0 fully saturated rings. The summed E-state index contributed by atoms with van der Waals surface area (Å²) in [5, 5.41) is 3.15. The van der Waals surface area contributed by atoms with Gasteiger partial charge < -0.3 is 10.3 Å². The van der Waals surface area contributed by atoms with Crippen LogP contribution in [0.25, 0.3) is 11.0 Å². The van der Waals surface area contributed by atoms with Crippen molar-refractivity contribution in [3.05, 3.63) is 29.6 Å². The summed E-state index contributed by atoms with van der Waals surface area (Å²) in [5.74, 6) is 0.645. The quantitative estimate of drug-likeness (QED) is 0.886. The molecule has 98 valence electrons. The standard InChI is InChI=1S/C12H14F3N3/c1-3-16-7(2)11-17-9-5-4-8(12(13,14)15)6-10(9)18-11/h4-7,16H,3H2,1-2H3,(H,17,18). The van der Waals surface area contributed by atoms with E-state index < -0.39 is 11.7 Å². The molecule has 6 heteroatoms. The van der Waals surface area contributed by atoms with E-state index in [-0.39, 0.29) is 6.04 Å². The van der Waals surface area contributed by atoms with Crippen LogP contribution in [0, 0.1) is 0 Å². The molecule has 2 N–H and O–H groups in total. The number of aromatic amines is 1. The van der Waals surface area contributed by atoms with Gasteiger partial charge in [-0.2, -0.15) is 13.2 Å². The van der Waals surface area contributed by atoms with Crippen molar-refractivity contribution in [2.24, 2.45) is 0 Å². The second kappa shape index (κ2) is 4.61. The van der Waals surface area contributed by atoms with Gasteiger partial charge in [-0.05, 0) is 31.7 Å². The largest absolute Gasteiger partial charge is 0.416 e. The Kier molecular flexibility index (Phi) is 3.30. The highest BCUT2D eigenvalue weighted by Crippen LogP contribution is 2.31. The Morgan fingerprint density at radius 2 is 2.11 bits per heavy atom. The molecule has 3 nitrogen and oxygen atoms in total. The monoisotopic (exact) mass is 257 g/mol. The molecular formula is C12H14F3N3. The molecule has 1 aromatic heterocycles. The third kappa shape index (κ3) is 2.48. The van der Waals surface area contributed by atoms with Crippen LogP contribution in [0.1, 0.15) is 31.3 Å². The molecular weight excluding hydrogens is 243 g/mol. The van der Waals surface area contributed by atoms with E-state index in [1.807, 2.05) is 13.8 Å². The molecule has 1 aromatic carbocycles. The fourth-order valence-corrected chi connectivity index (χ4v) is 1.81. The molecule has 18 heavy (non-hydrogen) atoms. The number of nitrogens with one attached hydrogen (secondary N) is 2. The van der Waals surface area contributed by atoms with Gasteiger partial charge >= 0.3 is 6.18 Å². The lowest BCUT2D eigenvalue weighted by atomic mass is 10.2. The van der Waals surface area contributed by atoms with Crippen molar-refractivity contribution in [1.82, 2.24) is 15.3 Å². The van der Waals surface area contributed by atoms with Gasteiger partial charge in [-0.3, -0.25) is 0 Å². The van der Waals surface area contributed by atoms with Gasteiger partial charge in [0, 0.05) is 0 Å². The third-order valence-corrected chi connectivity index (χ3v) is 2.75. The topological polar surface area (TPSA) is 40.7 Å². The summed E-state index contributed by atoms with van der Waals surface area (Å²) in [7, 11) is 0. The van der Waals surface area contributed by atoms with Crippen molar-refractivity contribution in [3.63, 3.8) is 0 Å². The Morgan fingerprint density at radius 1 is 1.39 bits per heavy atom. The van der Waals surface area contributed by atoms with E-state index in [1.54, 1.807) is 0 Å². The zero-order valence-electron chi connectivity index (χ0n) is 10.1. The summed E-state index contributed by atoms with van der Waals surface area (Å²) >= 11 is 0. The van der Waals surface area contributed by atoms with Crippen LogP contribution in [0.15, 0.2) is 18.2 Å². The zero-order chi connectivity index (χ0) is 13.3. The molecule has 2 rings (SSSR count). The number of hydrogen-bond acceptors (Lipinski definition) is 2. The molecule has 0 radical (unpaired) electrons. The SMILES string of the molecule is CCNC(C)c1nc2ccc(C(F)(F)F)cc2[nH]1. The van der Waals surface area contributed by atoms with Crippen LogP contribution in [0.2, 0.25) is 0 Å². The number of nitrogens with zero attached hydrogens (tertiary/aromatic N) is 1. The van der Waals surface area contributed by atoms with Crippen molar-refractivity contribution in [2.75, 3.05) is 6.54 Å². The molecule has 0 saturated heterocycles. The number of imidazole rings is 1. The molecule has 1 heterocycles. The third-order valence-electron chi connectivity index (χ3n) is 2.75. The number of rotatable bonds is 3. The highest BCUT2D eigenvalue weighted by atomic mass is 19.4. The van der Waals surface area contributed by atoms with Crippen LogP contribution < -0.4 is 5.32 Å². The maximum Gasteiger partial charge on any atom is 0.416 e. The predicted molar refractivity (Wildman–Crippen MR) is 63.2 cm³/mol. The Hall–Kier alpha value is -1.56. The van der Waals surface area contributed by atoms with Gasteiger partial charge in [-0.1, -0.05) is 6.92 Å². The van der Waals surface area contributed by atoms with Crippen molar-refractivity contribution in [1.29, 1.82) is 0 Å². The van der Waals surface area contributed by atoms with Gasteiger partial charge in [0.2, 0.25) is 0 Å². The number of H-pyrrole nitrogens is 1. The average Bonchev–Trinajstić information content (AvgIpc) is 2.70. The van der Waals surface area contributed by atoms with E-state index in [4.69, 9.17) is 0 Å². The first-order chi connectivity index (χ1) is 8.41. The first kappa shape index (κ1) is 12.9. The molecule has 0 bridgehead atoms. The molecule has 0 amide bonds. The van der Waals surface area contributed by atoms with E-state index in [9.17, 15) is 13.2 Å². The molecule has 0 aliphatic rings. The predicted octanol–water partition coefficient (Wildman–Crippen LogP) is 3.25. The number of hydrogen-bond donors (Lipinski definition) is 2. The molecule has 1 atom stereocenters. The van der Waals surface area contributed by atoms with E-state index >= 15 is 0 Å². The Morgan fingerprint density at radius 3 is 2.72 bits per heavy atom. The molecule has 0 aliphatic carbocycles. The van der Waals surface area contributed by atoms with Gasteiger partial charge in [0.25, 0.3) is 0 Å². The molecule has 1 unspecified atom stereocenters. The summed E-state index contributed by atoms with van der Waals surface area (Å²) in [6.07, 6.45) is -4.33. The number of alkyl halides is 3. The summed E-state index contributed by atoms with van der Waals surface area (Å²) in [4.78, 5) is 7.19. The highest BCUT2D eigenvalue weighted by molar-refractivity contribution is 5.76. The van der Waals surface area contributed by atoms with Gasteiger partial charge in [-0.15, -0.1) is 0 Å². The lowest BCUT2D eigenvalue weighted by Gasteiger charge is -2.07. The van der Waals surface area contributed by atoms with Crippen LogP contribution in [0.3, 0.4) is 0 Å². The smallest absolute Gasteiger partial charge is 0.341 e. The second-order valence-corrected chi connectivity index (χ2v) is 4.13. The number of aromatic nitrogens is 2. The summed E-state index contributed by atoms with van der Waals surface area (Å²) in [6.45, 7) is 4.64. The summed E-state index contributed by atoms with van der Waals surface area (Å²) in [6, 6.07) is 3.50. The minimum absolute atomic E-state index is 0.0169. The minimum Gasteiger partial charge on any atom is -0.341 e. The van der Waals surface area contributed by atoms with Gasteiger partial charge in [-0.25, -0.2) is 4.98 Å². The number of halogens is 3. The fourth-order valence-electron chi connectivity index (χ4n) is 1.81. The van der Waals surface area contributed by atoms with Crippen molar-refractivity contribution < 1.29 is 13.2 Å². The summed E-state index contributed by atoms with van der Waals surface area (Å²) in [5.41, 5.74) is 0.286. The van der Waals surface area contributed by atoms with Gasteiger partial charge in [0.1, 0.15) is 5.82 Å². The first-order valence-corrected chi connectivity index (χ1v) is 5.72. The molecule has 2 aromatic rings.